The van der Waals surface area contributed by atoms with Crippen molar-refractivity contribution >= 4 is 17.4 Å². The molecule has 0 fully saturated rings. The molecule has 0 radical (unpaired) electrons. The topological polar surface area (TPSA) is 73.8 Å². The van der Waals surface area contributed by atoms with Crippen LogP contribution in [0.1, 0.15) is 0 Å². The third-order valence-corrected chi connectivity index (χ3v) is 3.07. The molecular formula is C10H10N4OS. The minimum Gasteiger partial charge on any atom is -0.397 e. The van der Waals surface area contributed by atoms with E-state index in [1.807, 2.05) is 0 Å². The van der Waals surface area contributed by atoms with Crippen molar-refractivity contribution in [2.24, 2.45) is 7.05 Å². The highest BCUT2D eigenvalue weighted by molar-refractivity contribution is 7.99. The minimum atomic E-state index is -0.135. The van der Waals surface area contributed by atoms with Gasteiger partial charge in [-0.2, -0.15) is 0 Å². The van der Waals surface area contributed by atoms with Crippen molar-refractivity contribution in [3.8, 4) is 0 Å². The fourth-order valence-electron chi connectivity index (χ4n) is 1.14. The van der Waals surface area contributed by atoms with Gasteiger partial charge in [0.15, 0.2) is 5.03 Å². The van der Waals surface area contributed by atoms with E-state index in [4.69, 9.17) is 5.73 Å². The largest absolute Gasteiger partial charge is 0.397 e. The molecule has 16 heavy (non-hydrogen) atoms. The Morgan fingerprint density at radius 2 is 2.25 bits per heavy atom. The summed E-state index contributed by atoms with van der Waals surface area (Å²) in [4.78, 5) is 20.4. The van der Waals surface area contributed by atoms with Gasteiger partial charge in [0.05, 0.1) is 11.9 Å². The van der Waals surface area contributed by atoms with Crippen molar-refractivity contribution in [2.75, 3.05) is 5.73 Å². The molecule has 0 atom stereocenters. The minimum absolute atomic E-state index is 0.135. The van der Waals surface area contributed by atoms with E-state index in [-0.39, 0.29) is 5.56 Å². The van der Waals surface area contributed by atoms with E-state index in [0.29, 0.717) is 10.7 Å². The van der Waals surface area contributed by atoms with Gasteiger partial charge in [0.2, 0.25) is 0 Å². The van der Waals surface area contributed by atoms with E-state index in [1.54, 1.807) is 37.9 Å². The zero-order chi connectivity index (χ0) is 11.5. The Morgan fingerprint density at radius 3 is 3.00 bits per heavy atom. The Bertz CT molecular complexity index is 567. The number of nitrogen functional groups attached to an aromatic ring is 1. The second-order valence-electron chi connectivity index (χ2n) is 3.16. The molecule has 0 saturated heterocycles. The van der Waals surface area contributed by atoms with Crippen molar-refractivity contribution in [3.05, 3.63) is 41.2 Å². The fraction of sp³-hybridized carbons (Fsp3) is 0.100. The van der Waals surface area contributed by atoms with Crippen molar-refractivity contribution in [1.29, 1.82) is 0 Å². The average molecular weight is 234 g/mol. The first-order valence-corrected chi connectivity index (χ1v) is 5.39. The summed E-state index contributed by atoms with van der Waals surface area (Å²) in [7, 11) is 1.68. The number of aryl methyl sites for hydroxylation is 1. The molecule has 0 spiro atoms. The molecule has 82 valence electrons. The van der Waals surface area contributed by atoms with E-state index >= 15 is 0 Å². The number of rotatable bonds is 2. The van der Waals surface area contributed by atoms with Crippen molar-refractivity contribution in [3.63, 3.8) is 0 Å². The molecule has 5 nitrogen and oxygen atoms in total. The van der Waals surface area contributed by atoms with Gasteiger partial charge >= 0.3 is 0 Å². The monoisotopic (exact) mass is 234 g/mol. The maximum absolute atomic E-state index is 11.7. The number of hydrogen-bond acceptors (Lipinski definition) is 5. The maximum Gasteiger partial charge on any atom is 0.283 e. The molecule has 0 bridgehead atoms. The number of nitrogens with zero attached hydrogens (tertiary/aromatic N) is 3. The van der Waals surface area contributed by atoms with Crippen LogP contribution in [0.15, 0.2) is 45.6 Å². The summed E-state index contributed by atoms with van der Waals surface area (Å²) >= 11 is 1.25. The number of nitrogens with two attached hydrogens (primary N) is 1. The van der Waals surface area contributed by atoms with E-state index in [1.165, 1.54) is 16.3 Å². The molecule has 0 aliphatic heterocycles. The van der Waals surface area contributed by atoms with Crippen LogP contribution in [-0.2, 0) is 7.05 Å². The Labute approximate surface area is 96.3 Å². The van der Waals surface area contributed by atoms with E-state index in [2.05, 4.69) is 9.97 Å². The van der Waals surface area contributed by atoms with Crippen LogP contribution in [0, 0.1) is 0 Å². The summed E-state index contributed by atoms with van der Waals surface area (Å²) in [5, 5.41) is 0.405. The van der Waals surface area contributed by atoms with Gasteiger partial charge < -0.3 is 10.3 Å². The standard InChI is InChI=1S/C10H10N4OS/c1-14-5-4-13-9(10(14)15)16-8-2-3-12-6-7(8)11/h2-6H,11H2,1H3. The Balaban J connectivity index is 2.39. The molecule has 0 unspecified atom stereocenters. The molecule has 2 rings (SSSR count). The van der Waals surface area contributed by atoms with Crippen LogP contribution in [0.5, 0.6) is 0 Å². The summed E-state index contributed by atoms with van der Waals surface area (Å²) in [6.45, 7) is 0. The lowest BCUT2D eigenvalue weighted by Crippen LogP contribution is -2.18. The smallest absolute Gasteiger partial charge is 0.283 e. The second-order valence-corrected chi connectivity index (χ2v) is 4.19. The molecule has 0 aromatic carbocycles. The summed E-state index contributed by atoms with van der Waals surface area (Å²) in [6, 6.07) is 1.76. The lowest BCUT2D eigenvalue weighted by atomic mass is 10.4. The lowest BCUT2D eigenvalue weighted by molar-refractivity contribution is 0.794. The molecule has 2 aromatic heterocycles. The Kier molecular flexibility index (Phi) is 2.91. The highest BCUT2D eigenvalue weighted by Crippen LogP contribution is 2.27. The molecule has 2 heterocycles. The van der Waals surface area contributed by atoms with Crippen molar-refractivity contribution in [2.45, 2.75) is 9.92 Å². The molecule has 0 aliphatic carbocycles. The second kappa shape index (κ2) is 4.36. The third-order valence-electron chi connectivity index (χ3n) is 2.00. The number of aromatic nitrogens is 3. The molecule has 6 heteroatoms. The molecule has 0 saturated carbocycles. The van der Waals surface area contributed by atoms with Gasteiger partial charge in [-0.3, -0.25) is 9.78 Å². The number of hydrogen-bond donors (Lipinski definition) is 1. The Morgan fingerprint density at radius 1 is 1.44 bits per heavy atom. The van der Waals surface area contributed by atoms with Crippen LogP contribution in [0.3, 0.4) is 0 Å². The normalized spacial score (nSPS) is 10.3. The van der Waals surface area contributed by atoms with E-state index in [0.717, 1.165) is 4.90 Å². The van der Waals surface area contributed by atoms with Crippen LogP contribution in [0.4, 0.5) is 5.69 Å². The highest BCUT2D eigenvalue weighted by Gasteiger charge is 2.07. The van der Waals surface area contributed by atoms with Gasteiger partial charge in [0.1, 0.15) is 0 Å². The van der Waals surface area contributed by atoms with Gasteiger partial charge in [-0.1, -0.05) is 11.8 Å². The summed E-state index contributed by atoms with van der Waals surface area (Å²) < 4.78 is 1.48. The fourth-order valence-corrected chi connectivity index (χ4v) is 1.99. The van der Waals surface area contributed by atoms with Gasteiger partial charge in [-0.25, -0.2) is 4.98 Å². The quantitative estimate of drug-likeness (QED) is 0.836. The van der Waals surface area contributed by atoms with Crippen molar-refractivity contribution < 1.29 is 0 Å². The summed E-state index contributed by atoms with van der Waals surface area (Å²) in [5.41, 5.74) is 6.14. The first-order chi connectivity index (χ1) is 7.68. The number of pyridine rings is 1. The summed E-state index contributed by atoms with van der Waals surface area (Å²) in [6.07, 6.45) is 6.38. The zero-order valence-electron chi connectivity index (χ0n) is 8.62. The first-order valence-electron chi connectivity index (χ1n) is 4.57. The summed E-state index contributed by atoms with van der Waals surface area (Å²) in [5.74, 6) is 0. The third kappa shape index (κ3) is 2.06. The van der Waals surface area contributed by atoms with Gasteiger partial charge in [0.25, 0.3) is 5.56 Å². The lowest BCUT2D eigenvalue weighted by Gasteiger charge is -2.03. The predicted molar refractivity (Wildman–Crippen MR) is 62.3 cm³/mol. The molecule has 2 aromatic rings. The van der Waals surface area contributed by atoms with Crippen LogP contribution in [0.2, 0.25) is 0 Å². The molecular weight excluding hydrogens is 224 g/mol. The van der Waals surface area contributed by atoms with Crippen LogP contribution < -0.4 is 11.3 Å². The predicted octanol–water partition coefficient (Wildman–Crippen LogP) is 0.909. The van der Waals surface area contributed by atoms with Gasteiger partial charge in [0, 0.05) is 30.5 Å². The molecule has 0 amide bonds. The van der Waals surface area contributed by atoms with Crippen molar-refractivity contribution in [1.82, 2.24) is 14.5 Å². The highest BCUT2D eigenvalue weighted by atomic mass is 32.2. The first kappa shape index (κ1) is 10.7. The van der Waals surface area contributed by atoms with Gasteiger partial charge in [-0.15, -0.1) is 0 Å². The van der Waals surface area contributed by atoms with Crippen LogP contribution in [0.25, 0.3) is 0 Å². The van der Waals surface area contributed by atoms with Gasteiger partial charge in [-0.05, 0) is 6.07 Å². The SMILES string of the molecule is Cn1ccnc(Sc2ccncc2N)c1=O. The average Bonchev–Trinajstić information content (AvgIpc) is 2.28. The zero-order valence-corrected chi connectivity index (χ0v) is 9.44. The van der Waals surface area contributed by atoms with E-state index < -0.39 is 0 Å². The maximum atomic E-state index is 11.7. The van der Waals surface area contributed by atoms with Crippen LogP contribution >= 0.6 is 11.8 Å². The Hall–Kier alpha value is -1.82. The van der Waals surface area contributed by atoms with E-state index in [9.17, 15) is 4.79 Å². The van der Waals surface area contributed by atoms with Crippen LogP contribution in [-0.4, -0.2) is 14.5 Å². The molecule has 0 aliphatic rings. The number of anilines is 1. The molecule has 2 N–H and O–H groups in total.